The molecule has 33 heavy (non-hydrogen) atoms. The number of allylic oxidation sites excluding steroid dienone is 1. The number of para-hydroxylation sites is 2. The summed E-state index contributed by atoms with van der Waals surface area (Å²) in [7, 11) is 0. The molecule has 3 aromatic heterocycles. The first-order chi connectivity index (χ1) is 15.9. The molecule has 5 rings (SSSR count). The van der Waals surface area contributed by atoms with Gasteiger partial charge in [-0.2, -0.15) is 5.21 Å². The van der Waals surface area contributed by atoms with E-state index in [4.69, 9.17) is 0 Å². The Hall–Kier alpha value is -4.15. The number of aryl methyl sites for hydroxylation is 2. The van der Waals surface area contributed by atoms with Gasteiger partial charge < -0.3 is 4.57 Å². The molecule has 0 spiro atoms. The van der Waals surface area contributed by atoms with Crippen molar-refractivity contribution >= 4 is 27.8 Å². The molecule has 0 aliphatic carbocycles. The number of aromatic amines is 1. The molecule has 0 fully saturated rings. The number of nitrogens with one attached hydrogen (secondary N) is 1. The zero-order valence-electron chi connectivity index (χ0n) is 17.8. The summed E-state index contributed by atoms with van der Waals surface area (Å²) >= 11 is 0. The number of imidazole rings is 2. The van der Waals surface area contributed by atoms with E-state index in [9.17, 15) is 13.6 Å². The van der Waals surface area contributed by atoms with Gasteiger partial charge in [-0.15, -0.1) is 10.2 Å². The van der Waals surface area contributed by atoms with Gasteiger partial charge in [-0.05, 0) is 25.5 Å². The number of hydrogen-bond donors (Lipinski definition) is 1. The van der Waals surface area contributed by atoms with Crippen LogP contribution in [0.5, 0.6) is 0 Å². The Labute approximate surface area is 186 Å². The minimum absolute atomic E-state index is 0.125. The molecule has 0 atom stereocenters. The molecule has 0 radical (unpaired) electrons. The van der Waals surface area contributed by atoms with E-state index in [-0.39, 0.29) is 12.2 Å². The van der Waals surface area contributed by atoms with Crippen molar-refractivity contribution in [2.24, 2.45) is 0 Å². The zero-order valence-corrected chi connectivity index (χ0v) is 17.8. The fourth-order valence-corrected chi connectivity index (χ4v) is 4.10. The SMILES string of the molecule is C=C(C)n1c(=O)n(Cc2nc3cc(F)c(F)cc3n2CCCc2nn[nH]n2)c2ccccc21. The van der Waals surface area contributed by atoms with E-state index in [0.29, 0.717) is 53.3 Å². The van der Waals surface area contributed by atoms with Crippen LogP contribution in [0.2, 0.25) is 0 Å². The number of nitrogens with zero attached hydrogens (tertiary/aromatic N) is 7. The molecule has 5 aromatic rings. The maximum absolute atomic E-state index is 14.1. The third-order valence-corrected chi connectivity index (χ3v) is 5.56. The molecule has 9 nitrogen and oxygen atoms in total. The molecule has 2 aromatic carbocycles. The smallest absolute Gasteiger partial charge is 0.326 e. The normalized spacial score (nSPS) is 11.6. The van der Waals surface area contributed by atoms with Crippen molar-refractivity contribution in [1.82, 2.24) is 39.3 Å². The van der Waals surface area contributed by atoms with Crippen LogP contribution in [0.15, 0.2) is 47.8 Å². The molecule has 0 saturated carbocycles. The molecule has 0 saturated heterocycles. The summed E-state index contributed by atoms with van der Waals surface area (Å²) < 4.78 is 32.9. The average Bonchev–Trinajstić information content (AvgIpc) is 3.47. The summed E-state index contributed by atoms with van der Waals surface area (Å²) in [6.45, 7) is 6.25. The fraction of sp³-hybridized carbons (Fsp3) is 0.227. The molecule has 11 heteroatoms. The second-order valence-corrected chi connectivity index (χ2v) is 7.79. The van der Waals surface area contributed by atoms with Crippen molar-refractivity contribution in [3.8, 4) is 0 Å². The topological polar surface area (TPSA) is 99.2 Å². The Morgan fingerprint density at radius 1 is 1.09 bits per heavy atom. The van der Waals surface area contributed by atoms with E-state index in [0.717, 1.165) is 17.6 Å². The summed E-state index contributed by atoms with van der Waals surface area (Å²) in [5, 5.41) is 13.8. The van der Waals surface area contributed by atoms with Crippen LogP contribution in [0.1, 0.15) is 25.0 Å². The van der Waals surface area contributed by atoms with E-state index in [1.165, 1.54) is 4.57 Å². The van der Waals surface area contributed by atoms with Crippen LogP contribution in [0.25, 0.3) is 27.8 Å². The maximum atomic E-state index is 14.1. The monoisotopic (exact) mass is 450 g/mol. The zero-order chi connectivity index (χ0) is 23.1. The van der Waals surface area contributed by atoms with Crippen LogP contribution < -0.4 is 5.69 Å². The number of aromatic nitrogens is 8. The Balaban J connectivity index is 1.60. The van der Waals surface area contributed by atoms with Gasteiger partial charge in [0.1, 0.15) is 5.82 Å². The Kier molecular flexibility index (Phi) is 5.08. The van der Waals surface area contributed by atoms with Gasteiger partial charge in [0.15, 0.2) is 17.5 Å². The first-order valence-electron chi connectivity index (χ1n) is 10.4. The average molecular weight is 450 g/mol. The van der Waals surface area contributed by atoms with E-state index in [2.05, 4.69) is 32.2 Å². The standard InChI is InChI=1S/C22H20F2N8O/c1-13(2)32-18-7-4-3-6-17(18)31(22(32)33)12-21-25-16-10-14(23)15(24)11-19(16)30(21)9-5-8-20-26-28-29-27-20/h3-4,6-7,10-11H,1,5,8-9,12H2,2H3,(H,26,27,28,29). The van der Waals surface area contributed by atoms with Gasteiger partial charge in [0, 0.05) is 30.8 Å². The molecule has 0 unspecified atom stereocenters. The lowest BCUT2D eigenvalue weighted by molar-refractivity contribution is 0.510. The number of benzene rings is 2. The van der Waals surface area contributed by atoms with E-state index < -0.39 is 11.6 Å². The highest BCUT2D eigenvalue weighted by Gasteiger charge is 2.19. The first kappa shape index (κ1) is 20.7. The van der Waals surface area contributed by atoms with Gasteiger partial charge in [-0.3, -0.25) is 9.13 Å². The van der Waals surface area contributed by atoms with E-state index in [1.54, 1.807) is 16.1 Å². The minimum atomic E-state index is -0.971. The van der Waals surface area contributed by atoms with Gasteiger partial charge in [-0.25, -0.2) is 18.6 Å². The van der Waals surface area contributed by atoms with Gasteiger partial charge in [0.05, 0.1) is 28.6 Å². The second-order valence-electron chi connectivity index (χ2n) is 7.79. The van der Waals surface area contributed by atoms with Gasteiger partial charge in [0.25, 0.3) is 0 Å². The molecule has 1 N–H and O–H groups in total. The maximum Gasteiger partial charge on any atom is 0.333 e. The summed E-state index contributed by atoms with van der Waals surface area (Å²) in [5.74, 6) is -0.861. The summed E-state index contributed by atoms with van der Waals surface area (Å²) in [4.78, 5) is 17.8. The number of tetrazole rings is 1. The van der Waals surface area contributed by atoms with E-state index >= 15 is 0 Å². The minimum Gasteiger partial charge on any atom is -0.326 e. The predicted molar refractivity (Wildman–Crippen MR) is 118 cm³/mol. The summed E-state index contributed by atoms with van der Waals surface area (Å²) in [5.41, 5.74) is 2.55. The lowest BCUT2D eigenvalue weighted by Gasteiger charge is -2.10. The third-order valence-electron chi connectivity index (χ3n) is 5.56. The highest BCUT2D eigenvalue weighted by molar-refractivity contribution is 5.80. The summed E-state index contributed by atoms with van der Waals surface area (Å²) in [6.07, 6.45) is 1.15. The van der Waals surface area contributed by atoms with Crippen molar-refractivity contribution in [1.29, 1.82) is 0 Å². The molecule has 0 bridgehead atoms. The number of hydrogen-bond acceptors (Lipinski definition) is 5. The van der Waals surface area contributed by atoms with Crippen LogP contribution in [0.3, 0.4) is 0 Å². The van der Waals surface area contributed by atoms with Gasteiger partial charge >= 0.3 is 5.69 Å². The number of rotatable bonds is 7. The fourth-order valence-electron chi connectivity index (χ4n) is 4.10. The quantitative estimate of drug-likeness (QED) is 0.411. The van der Waals surface area contributed by atoms with Crippen molar-refractivity contribution in [2.45, 2.75) is 32.9 Å². The molecule has 168 valence electrons. The highest BCUT2D eigenvalue weighted by atomic mass is 19.2. The Bertz CT molecular complexity index is 1540. The van der Waals surface area contributed by atoms with Crippen LogP contribution >= 0.6 is 0 Å². The van der Waals surface area contributed by atoms with Crippen molar-refractivity contribution in [2.75, 3.05) is 0 Å². The molecular weight excluding hydrogens is 430 g/mol. The number of H-pyrrole nitrogens is 1. The molecule has 0 aliphatic rings. The van der Waals surface area contributed by atoms with Crippen LogP contribution in [0, 0.1) is 11.6 Å². The third kappa shape index (κ3) is 3.60. The van der Waals surface area contributed by atoms with Crippen LogP contribution in [0.4, 0.5) is 8.78 Å². The van der Waals surface area contributed by atoms with Crippen molar-refractivity contribution in [3.63, 3.8) is 0 Å². The Morgan fingerprint density at radius 3 is 2.58 bits per heavy atom. The molecule has 0 amide bonds. The van der Waals surface area contributed by atoms with Crippen molar-refractivity contribution in [3.05, 3.63) is 76.7 Å². The van der Waals surface area contributed by atoms with Crippen LogP contribution in [-0.2, 0) is 19.5 Å². The second kappa shape index (κ2) is 8.08. The summed E-state index contributed by atoms with van der Waals surface area (Å²) in [6, 6.07) is 9.60. The predicted octanol–water partition coefficient (Wildman–Crippen LogP) is 3.12. The highest BCUT2D eigenvalue weighted by Crippen LogP contribution is 2.23. The molecule has 3 heterocycles. The number of halogens is 2. The van der Waals surface area contributed by atoms with E-state index in [1.807, 2.05) is 24.3 Å². The largest absolute Gasteiger partial charge is 0.333 e. The molecule has 0 aliphatic heterocycles. The Morgan fingerprint density at radius 2 is 1.85 bits per heavy atom. The molecular formula is C22H20F2N8O. The van der Waals surface area contributed by atoms with Crippen molar-refractivity contribution < 1.29 is 8.78 Å². The number of fused-ring (bicyclic) bond motifs is 2. The van der Waals surface area contributed by atoms with Crippen LogP contribution in [-0.4, -0.2) is 39.3 Å². The lowest BCUT2D eigenvalue weighted by Crippen LogP contribution is -2.25. The lowest BCUT2D eigenvalue weighted by atomic mass is 10.2. The first-order valence-corrected chi connectivity index (χ1v) is 10.4. The van der Waals surface area contributed by atoms with Gasteiger partial charge in [-0.1, -0.05) is 23.9 Å². The van der Waals surface area contributed by atoms with Gasteiger partial charge in [0.2, 0.25) is 0 Å².